The molecule has 3 aromatic carbocycles. The van der Waals surface area contributed by atoms with Crippen molar-refractivity contribution in [3.63, 3.8) is 0 Å². The summed E-state index contributed by atoms with van der Waals surface area (Å²) in [6.07, 6.45) is -3.92. The van der Waals surface area contributed by atoms with Gasteiger partial charge in [0.25, 0.3) is 0 Å². The van der Waals surface area contributed by atoms with E-state index in [1.54, 1.807) is 6.07 Å². The van der Waals surface area contributed by atoms with E-state index in [-0.39, 0.29) is 13.3 Å². The number of nitrogens with zero attached hydrogens (tertiary/aromatic N) is 1. The SMILES string of the molecule is Cc1c(Cc2ccccc2)c(=O)oc2c3c(ccc12)OCN(Cc1cccc(C(F)(F)F)c1)C3. The van der Waals surface area contributed by atoms with E-state index in [1.165, 1.54) is 6.07 Å². The first-order valence-electron chi connectivity index (χ1n) is 10.9. The Morgan fingerprint density at radius 3 is 2.50 bits per heavy atom. The van der Waals surface area contributed by atoms with Gasteiger partial charge >= 0.3 is 11.8 Å². The van der Waals surface area contributed by atoms with Gasteiger partial charge in [0.05, 0.1) is 11.1 Å². The molecular formula is C27H22F3NO3. The predicted octanol–water partition coefficient (Wildman–Crippen LogP) is 6.06. The van der Waals surface area contributed by atoms with Crippen molar-refractivity contribution in [3.8, 4) is 5.75 Å². The highest BCUT2D eigenvalue weighted by Crippen LogP contribution is 2.35. The molecule has 1 aromatic heterocycles. The molecule has 0 saturated heterocycles. The fourth-order valence-electron chi connectivity index (χ4n) is 4.42. The highest BCUT2D eigenvalue weighted by atomic mass is 19.4. The van der Waals surface area contributed by atoms with Gasteiger partial charge in [0, 0.05) is 30.5 Å². The van der Waals surface area contributed by atoms with Crippen LogP contribution in [0.3, 0.4) is 0 Å². The quantitative estimate of drug-likeness (QED) is 0.344. The average molecular weight is 465 g/mol. The number of ether oxygens (including phenoxy) is 1. The van der Waals surface area contributed by atoms with Crippen LogP contribution in [0.2, 0.25) is 0 Å². The van der Waals surface area contributed by atoms with E-state index in [0.717, 1.165) is 34.2 Å². The minimum absolute atomic E-state index is 0.226. The topological polar surface area (TPSA) is 42.7 Å². The van der Waals surface area contributed by atoms with Crippen molar-refractivity contribution in [2.24, 2.45) is 0 Å². The molecule has 0 spiro atoms. The van der Waals surface area contributed by atoms with E-state index in [1.807, 2.05) is 54.3 Å². The predicted molar refractivity (Wildman–Crippen MR) is 123 cm³/mol. The summed E-state index contributed by atoms with van der Waals surface area (Å²) in [6.45, 7) is 2.80. The molecule has 0 fully saturated rings. The van der Waals surface area contributed by atoms with E-state index >= 15 is 0 Å². The third kappa shape index (κ3) is 4.31. The third-order valence-electron chi connectivity index (χ3n) is 6.18. The van der Waals surface area contributed by atoms with Crippen molar-refractivity contribution in [2.45, 2.75) is 32.6 Å². The van der Waals surface area contributed by atoms with Crippen molar-refractivity contribution < 1.29 is 22.3 Å². The van der Waals surface area contributed by atoms with Crippen molar-refractivity contribution in [3.05, 3.63) is 111 Å². The van der Waals surface area contributed by atoms with Crippen LogP contribution in [0.25, 0.3) is 11.0 Å². The molecule has 174 valence electrons. The second kappa shape index (κ2) is 8.65. The molecule has 0 aliphatic carbocycles. The Hall–Kier alpha value is -3.58. The lowest BCUT2D eigenvalue weighted by atomic mass is 9.97. The van der Waals surface area contributed by atoms with Crippen molar-refractivity contribution >= 4 is 11.0 Å². The smallest absolute Gasteiger partial charge is 0.416 e. The second-order valence-corrected chi connectivity index (χ2v) is 8.53. The molecule has 7 heteroatoms. The standard InChI is InChI=1S/C27H22F3NO3/c1-17-21-10-11-24-23(25(21)34-26(32)22(17)13-18-6-3-2-4-7-18)15-31(16-33-24)14-19-8-5-9-20(12-19)27(28,29)30/h2-12H,13-16H2,1H3. The molecule has 0 N–H and O–H groups in total. The average Bonchev–Trinajstić information content (AvgIpc) is 2.82. The first-order valence-corrected chi connectivity index (χ1v) is 10.9. The van der Waals surface area contributed by atoms with Gasteiger partial charge < -0.3 is 9.15 Å². The third-order valence-corrected chi connectivity index (χ3v) is 6.18. The molecular weight excluding hydrogens is 443 g/mol. The maximum absolute atomic E-state index is 13.1. The lowest BCUT2D eigenvalue weighted by Crippen LogP contribution is -2.32. The van der Waals surface area contributed by atoms with Gasteiger partial charge in [0.15, 0.2) is 0 Å². The lowest BCUT2D eigenvalue weighted by molar-refractivity contribution is -0.137. The molecule has 0 atom stereocenters. The van der Waals surface area contributed by atoms with Crippen LogP contribution >= 0.6 is 0 Å². The van der Waals surface area contributed by atoms with Crippen molar-refractivity contribution in [1.82, 2.24) is 4.90 Å². The number of halogens is 3. The van der Waals surface area contributed by atoms with Crippen LogP contribution in [0.15, 0.2) is 75.9 Å². The molecule has 1 aliphatic rings. The number of rotatable bonds is 4. The second-order valence-electron chi connectivity index (χ2n) is 8.53. The van der Waals surface area contributed by atoms with E-state index < -0.39 is 17.4 Å². The van der Waals surface area contributed by atoms with Crippen LogP contribution in [0.4, 0.5) is 13.2 Å². The fraction of sp³-hybridized carbons (Fsp3) is 0.222. The van der Waals surface area contributed by atoms with Gasteiger partial charge in [-0.3, -0.25) is 4.90 Å². The molecule has 0 unspecified atom stereocenters. The van der Waals surface area contributed by atoms with Crippen LogP contribution in [-0.4, -0.2) is 11.6 Å². The molecule has 4 aromatic rings. The van der Waals surface area contributed by atoms with Gasteiger partial charge in [-0.2, -0.15) is 13.2 Å². The minimum atomic E-state index is -4.39. The van der Waals surface area contributed by atoms with Crippen LogP contribution in [0.5, 0.6) is 5.75 Å². The Morgan fingerprint density at radius 1 is 0.971 bits per heavy atom. The number of alkyl halides is 3. The molecule has 5 rings (SSSR count). The highest BCUT2D eigenvalue weighted by molar-refractivity contribution is 5.86. The number of aryl methyl sites for hydroxylation is 1. The lowest BCUT2D eigenvalue weighted by Gasteiger charge is -2.29. The summed E-state index contributed by atoms with van der Waals surface area (Å²) >= 11 is 0. The van der Waals surface area contributed by atoms with Gasteiger partial charge in [-0.1, -0.05) is 48.5 Å². The van der Waals surface area contributed by atoms with Crippen LogP contribution in [0, 0.1) is 6.92 Å². The Bertz CT molecular complexity index is 1410. The summed E-state index contributed by atoms with van der Waals surface area (Å²) in [7, 11) is 0. The summed E-state index contributed by atoms with van der Waals surface area (Å²) in [4.78, 5) is 14.8. The largest absolute Gasteiger partial charge is 0.478 e. The maximum atomic E-state index is 13.1. The van der Waals surface area contributed by atoms with Crippen LogP contribution in [-0.2, 0) is 25.7 Å². The molecule has 2 heterocycles. The molecule has 0 amide bonds. The Labute approximate surface area is 194 Å². The summed E-state index contributed by atoms with van der Waals surface area (Å²) in [6, 6.07) is 18.8. The van der Waals surface area contributed by atoms with Gasteiger partial charge in [-0.05, 0) is 41.8 Å². The van der Waals surface area contributed by atoms with E-state index in [0.29, 0.717) is 35.4 Å². The monoisotopic (exact) mass is 465 g/mol. The maximum Gasteiger partial charge on any atom is 0.416 e. The van der Waals surface area contributed by atoms with Crippen molar-refractivity contribution in [2.75, 3.05) is 6.73 Å². The summed E-state index contributed by atoms with van der Waals surface area (Å²) in [5.74, 6) is 0.617. The first-order chi connectivity index (χ1) is 16.3. The summed E-state index contributed by atoms with van der Waals surface area (Å²) < 4.78 is 50.9. The first kappa shape index (κ1) is 22.2. The summed E-state index contributed by atoms with van der Waals surface area (Å²) in [5, 5.41) is 0.828. The molecule has 0 radical (unpaired) electrons. The Balaban J connectivity index is 1.47. The van der Waals surface area contributed by atoms with Gasteiger partial charge in [-0.25, -0.2) is 4.79 Å². The van der Waals surface area contributed by atoms with Crippen LogP contribution < -0.4 is 10.4 Å². The molecule has 34 heavy (non-hydrogen) atoms. The molecule has 4 nitrogen and oxygen atoms in total. The van der Waals surface area contributed by atoms with E-state index in [4.69, 9.17) is 9.15 Å². The zero-order chi connectivity index (χ0) is 23.9. The number of fused-ring (bicyclic) bond motifs is 3. The zero-order valence-corrected chi connectivity index (χ0v) is 18.5. The Kier molecular flexibility index (Phi) is 5.65. The van der Waals surface area contributed by atoms with E-state index in [2.05, 4.69) is 0 Å². The molecule has 0 saturated carbocycles. The normalized spacial score (nSPS) is 14.1. The summed E-state index contributed by atoms with van der Waals surface area (Å²) in [5.41, 5.74) is 3.13. The number of hydrogen-bond donors (Lipinski definition) is 0. The minimum Gasteiger partial charge on any atom is -0.478 e. The van der Waals surface area contributed by atoms with Crippen molar-refractivity contribution in [1.29, 1.82) is 0 Å². The van der Waals surface area contributed by atoms with Gasteiger partial charge in [-0.15, -0.1) is 0 Å². The highest BCUT2D eigenvalue weighted by Gasteiger charge is 2.31. The number of benzene rings is 3. The van der Waals surface area contributed by atoms with Gasteiger partial charge in [0.2, 0.25) is 0 Å². The zero-order valence-electron chi connectivity index (χ0n) is 18.5. The molecule has 1 aliphatic heterocycles. The van der Waals surface area contributed by atoms with E-state index in [9.17, 15) is 18.0 Å². The molecule has 0 bridgehead atoms. The Morgan fingerprint density at radius 2 is 1.74 bits per heavy atom. The fourth-order valence-corrected chi connectivity index (χ4v) is 4.42. The number of hydrogen-bond acceptors (Lipinski definition) is 4. The van der Waals surface area contributed by atoms with Gasteiger partial charge in [0.1, 0.15) is 18.1 Å². The van der Waals surface area contributed by atoms with Crippen LogP contribution in [0.1, 0.15) is 33.4 Å².